The van der Waals surface area contributed by atoms with Gasteiger partial charge >= 0.3 is 0 Å². The van der Waals surface area contributed by atoms with Crippen LogP contribution in [-0.2, 0) is 11.2 Å². The summed E-state index contributed by atoms with van der Waals surface area (Å²) < 4.78 is 12.2. The zero-order valence-electron chi connectivity index (χ0n) is 17.6. The maximum absolute atomic E-state index is 13.7. The molecule has 2 aliphatic heterocycles. The molecule has 0 saturated carbocycles. The van der Waals surface area contributed by atoms with Gasteiger partial charge in [0.25, 0.3) is 11.5 Å². The lowest BCUT2D eigenvalue weighted by molar-refractivity contribution is 0.0982. The summed E-state index contributed by atoms with van der Waals surface area (Å²) in [5.41, 5.74) is 2.49. The van der Waals surface area contributed by atoms with E-state index in [1.165, 1.54) is 10.5 Å². The standard InChI is InChI=1S/C23H24N4O4/c1-15-12-16-5-6-17(30-2)13-19(16)27(15)23(29)18-4-3-7-26-21(28)14-20(24-22(18)26)25-8-10-31-11-9-25/h3-7,13-15H,8-12H2,1-2H3. The second-order valence-electron chi connectivity index (χ2n) is 7.89. The summed E-state index contributed by atoms with van der Waals surface area (Å²) in [6.07, 6.45) is 2.41. The normalized spacial score (nSPS) is 18.3. The van der Waals surface area contributed by atoms with Crippen molar-refractivity contribution < 1.29 is 14.3 Å². The number of pyridine rings is 1. The van der Waals surface area contributed by atoms with E-state index < -0.39 is 0 Å². The number of ether oxygens (including phenoxy) is 2. The van der Waals surface area contributed by atoms with Crippen molar-refractivity contribution in [1.29, 1.82) is 0 Å². The monoisotopic (exact) mass is 420 g/mol. The van der Waals surface area contributed by atoms with Gasteiger partial charge in [0.05, 0.1) is 31.6 Å². The maximum atomic E-state index is 13.7. The number of nitrogens with zero attached hydrogens (tertiary/aromatic N) is 4. The SMILES string of the molecule is COc1ccc2c(c1)N(C(=O)c1cccn3c(=O)cc(N4CCOCC4)nc13)C(C)C2. The molecule has 0 spiro atoms. The number of fused-ring (bicyclic) bond motifs is 2. The zero-order valence-corrected chi connectivity index (χ0v) is 17.6. The number of amides is 1. The van der Waals surface area contributed by atoms with Gasteiger partial charge in [-0.25, -0.2) is 4.98 Å². The molecule has 0 N–H and O–H groups in total. The highest BCUT2D eigenvalue weighted by molar-refractivity contribution is 6.11. The van der Waals surface area contributed by atoms with Crippen LogP contribution in [0.5, 0.6) is 5.75 Å². The molecule has 2 aromatic heterocycles. The molecule has 31 heavy (non-hydrogen) atoms. The third-order valence-electron chi connectivity index (χ3n) is 5.97. The molecule has 160 valence electrons. The predicted octanol–water partition coefficient (Wildman–Crippen LogP) is 2.13. The van der Waals surface area contributed by atoms with E-state index >= 15 is 0 Å². The highest BCUT2D eigenvalue weighted by atomic mass is 16.5. The number of benzene rings is 1. The van der Waals surface area contributed by atoms with Crippen molar-refractivity contribution >= 4 is 23.1 Å². The Morgan fingerprint density at radius 1 is 1.19 bits per heavy atom. The smallest absolute Gasteiger partial charge is 0.262 e. The molecule has 1 aromatic carbocycles. The van der Waals surface area contributed by atoms with Crippen molar-refractivity contribution in [2.45, 2.75) is 19.4 Å². The molecule has 1 unspecified atom stereocenters. The van der Waals surface area contributed by atoms with Gasteiger partial charge in [0.15, 0.2) is 5.65 Å². The van der Waals surface area contributed by atoms with Crippen LogP contribution in [0, 0.1) is 0 Å². The number of carbonyl (C=O) groups is 1. The van der Waals surface area contributed by atoms with Gasteiger partial charge in [-0.3, -0.25) is 14.0 Å². The first kappa shape index (κ1) is 19.6. The van der Waals surface area contributed by atoms with Gasteiger partial charge in [-0.2, -0.15) is 0 Å². The van der Waals surface area contributed by atoms with Crippen molar-refractivity contribution in [2.75, 3.05) is 43.2 Å². The maximum Gasteiger partial charge on any atom is 0.262 e. The second-order valence-corrected chi connectivity index (χ2v) is 7.89. The van der Waals surface area contributed by atoms with Crippen molar-refractivity contribution in [1.82, 2.24) is 9.38 Å². The molecule has 0 bridgehead atoms. The van der Waals surface area contributed by atoms with Crippen molar-refractivity contribution in [3.05, 3.63) is 64.1 Å². The molecule has 0 radical (unpaired) electrons. The molecule has 1 saturated heterocycles. The van der Waals surface area contributed by atoms with E-state index in [1.807, 2.05) is 30.0 Å². The van der Waals surface area contributed by atoms with Gasteiger partial charge in [0.2, 0.25) is 0 Å². The molecule has 4 heterocycles. The van der Waals surface area contributed by atoms with Crippen LogP contribution in [0.3, 0.4) is 0 Å². The summed E-state index contributed by atoms with van der Waals surface area (Å²) in [4.78, 5) is 35.1. The number of rotatable bonds is 3. The number of morpholine rings is 1. The van der Waals surface area contributed by atoms with E-state index in [1.54, 1.807) is 30.3 Å². The Labute approximate surface area is 179 Å². The minimum absolute atomic E-state index is 0.0102. The Kier molecular flexibility index (Phi) is 4.86. The van der Waals surface area contributed by atoms with Crippen molar-refractivity contribution in [3.8, 4) is 5.75 Å². The lowest BCUT2D eigenvalue weighted by atomic mass is 10.1. The van der Waals surface area contributed by atoms with E-state index in [9.17, 15) is 9.59 Å². The van der Waals surface area contributed by atoms with Gasteiger partial charge in [-0.1, -0.05) is 6.07 Å². The van der Waals surface area contributed by atoms with Gasteiger partial charge in [0.1, 0.15) is 11.6 Å². The Morgan fingerprint density at radius 2 is 2.00 bits per heavy atom. The van der Waals surface area contributed by atoms with Crippen LogP contribution < -0.4 is 20.1 Å². The van der Waals surface area contributed by atoms with Crippen LogP contribution in [0.4, 0.5) is 11.5 Å². The molecule has 8 heteroatoms. The van der Waals surface area contributed by atoms with Crippen LogP contribution in [0.2, 0.25) is 0 Å². The Hall–Kier alpha value is -3.39. The van der Waals surface area contributed by atoms with Gasteiger partial charge in [0, 0.05) is 37.5 Å². The van der Waals surface area contributed by atoms with Crippen LogP contribution in [0.15, 0.2) is 47.4 Å². The third kappa shape index (κ3) is 3.33. The molecular formula is C23H24N4O4. The molecule has 0 aliphatic carbocycles. The van der Waals surface area contributed by atoms with Crippen LogP contribution in [0.1, 0.15) is 22.8 Å². The number of methoxy groups -OCH3 is 1. The Bertz CT molecular complexity index is 1220. The number of hydrogen-bond acceptors (Lipinski definition) is 6. The summed E-state index contributed by atoms with van der Waals surface area (Å²) in [7, 11) is 1.61. The van der Waals surface area contributed by atoms with Crippen molar-refractivity contribution in [3.63, 3.8) is 0 Å². The first-order chi connectivity index (χ1) is 15.1. The largest absolute Gasteiger partial charge is 0.497 e. The quantitative estimate of drug-likeness (QED) is 0.646. The lowest BCUT2D eigenvalue weighted by Crippen LogP contribution is -2.38. The Morgan fingerprint density at radius 3 is 2.77 bits per heavy atom. The van der Waals surface area contributed by atoms with Crippen molar-refractivity contribution in [2.24, 2.45) is 0 Å². The molecule has 1 amide bonds. The summed E-state index contributed by atoms with van der Waals surface area (Å²) in [6, 6.07) is 10.8. The van der Waals surface area contributed by atoms with E-state index in [4.69, 9.17) is 14.5 Å². The molecular weight excluding hydrogens is 396 g/mol. The lowest BCUT2D eigenvalue weighted by Gasteiger charge is -2.28. The van der Waals surface area contributed by atoms with Crippen LogP contribution in [0.25, 0.3) is 5.65 Å². The average molecular weight is 420 g/mol. The van der Waals surface area contributed by atoms with Gasteiger partial charge < -0.3 is 19.3 Å². The molecule has 8 nitrogen and oxygen atoms in total. The number of aromatic nitrogens is 2. The number of carbonyl (C=O) groups excluding carboxylic acids is 1. The minimum Gasteiger partial charge on any atom is -0.497 e. The summed E-state index contributed by atoms with van der Waals surface area (Å²) in [5, 5.41) is 0. The second kappa shape index (κ2) is 7.70. The first-order valence-corrected chi connectivity index (χ1v) is 10.4. The Balaban J connectivity index is 1.61. The number of anilines is 2. The van der Waals surface area contributed by atoms with Crippen LogP contribution >= 0.6 is 0 Å². The molecule has 3 aromatic rings. The molecule has 1 fully saturated rings. The van der Waals surface area contributed by atoms with E-state index in [-0.39, 0.29) is 17.5 Å². The van der Waals surface area contributed by atoms with E-state index in [2.05, 4.69) is 0 Å². The van der Waals surface area contributed by atoms with E-state index in [0.29, 0.717) is 49.1 Å². The third-order valence-corrected chi connectivity index (χ3v) is 5.97. The topological polar surface area (TPSA) is 76.4 Å². The summed E-state index contributed by atoms with van der Waals surface area (Å²) in [6.45, 7) is 4.52. The van der Waals surface area contributed by atoms with Crippen LogP contribution in [-0.4, -0.2) is 54.7 Å². The minimum atomic E-state index is -0.210. The fraction of sp³-hybridized carbons (Fsp3) is 0.348. The van der Waals surface area contributed by atoms with Gasteiger partial charge in [-0.05, 0) is 37.1 Å². The fourth-order valence-corrected chi connectivity index (χ4v) is 4.39. The van der Waals surface area contributed by atoms with E-state index in [0.717, 1.165) is 17.7 Å². The summed E-state index contributed by atoms with van der Waals surface area (Å²) in [5.74, 6) is 1.10. The summed E-state index contributed by atoms with van der Waals surface area (Å²) >= 11 is 0. The highest BCUT2D eigenvalue weighted by Crippen LogP contribution is 2.36. The molecule has 2 aliphatic rings. The average Bonchev–Trinajstić information content (AvgIpc) is 3.13. The highest BCUT2D eigenvalue weighted by Gasteiger charge is 2.33. The zero-order chi connectivity index (χ0) is 21.5. The predicted molar refractivity (Wildman–Crippen MR) is 117 cm³/mol. The molecule has 1 atom stereocenters. The fourth-order valence-electron chi connectivity index (χ4n) is 4.39. The first-order valence-electron chi connectivity index (χ1n) is 10.4. The number of hydrogen-bond donors (Lipinski definition) is 0. The molecule has 5 rings (SSSR count). The van der Waals surface area contributed by atoms with Gasteiger partial charge in [-0.15, -0.1) is 0 Å².